The summed E-state index contributed by atoms with van der Waals surface area (Å²) in [5.41, 5.74) is 6.30. The number of piperidine rings is 1. The Hall–Kier alpha value is -3.41. The molecular weight excluding hydrogens is 431 g/mol. The first kappa shape index (κ1) is 22.3. The number of nitrogen functional groups attached to an aromatic ring is 1. The molecule has 3 heterocycles. The van der Waals surface area contributed by atoms with Crippen molar-refractivity contribution in [3.8, 4) is 11.5 Å². The van der Waals surface area contributed by atoms with Gasteiger partial charge in [0.15, 0.2) is 16.6 Å². The molecule has 2 aliphatic rings. The normalized spacial score (nSPS) is 19.2. The number of thiazole rings is 1. The molecule has 1 aromatic heterocycles. The molecule has 0 aliphatic carbocycles. The van der Waals surface area contributed by atoms with Crippen LogP contribution in [0.3, 0.4) is 0 Å². The van der Waals surface area contributed by atoms with E-state index < -0.39 is 12.2 Å². The topological polar surface area (TPSA) is 144 Å². The Morgan fingerprint density at radius 3 is 2.81 bits per heavy atom. The zero-order chi connectivity index (χ0) is 22.4. The minimum absolute atomic E-state index is 0.0171. The number of aromatic nitrogens is 1. The SMILES string of the molecule is Nc1ncc(C(=O)N[C@H]2C[C@@H](F)CN(C(=O)Cc3ccc4c(c3)OCO4)C2)s1.O=CO. The standard InChI is InChI=1S/C18H19FN4O4S.CH2O2/c19-11-5-12(22-17(25)15-6-21-18(20)28-15)8-23(7-11)16(24)4-10-1-2-13-14(3-10)27-9-26-13;2-1-3/h1-3,6,11-12H,4-5,7-9H2,(H2,20,21)(H,22,25);1H,(H,2,3)/t11-,12+;/m1./s1. The summed E-state index contributed by atoms with van der Waals surface area (Å²) < 4.78 is 24.8. The van der Waals surface area contributed by atoms with Crippen molar-refractivity contribution < 1.29 is 33.4 Å². The summed E-state index contributed by atoms with van der Waals surface area (Å²) in [6, 6.07) is 4.82. The number of carbonyl (C=O) groups excluding carboxylic acids is 2. The Morgan fingerprint density at radius 1 is 1.35 bits per heavy atom. The lowest BCUT2D eigenvalue weighted by Crippen LogP contribution is -2.53. The number of alkyl halides is 1. The molecule has 4 N–H and O–H groups in total. The molecule has 0 saturated carbocycles. The molecule has 0 spiro atoms. The van der Waals surface area contributed by atoms with E-state index in [-0.39, 0.29) is 56.1 Å². The van der Waals surface area contributed by atoms with Crippen LogP contribution in [0.4, 0.5) is 9.52 Å². The number of ether oxygens (including phenoxy) is 2. The number of carbonyl (C=O) groups is 3. The quantitative estimate of drug-likeness (QED) is 0.584. The van der Waals surface area contributed by atoms with Crippen molar-refractivity contribution >= 4 is 34.8 Å². The molecule has 31 heavy (non-hydrogen) atoms. The van der Waals surface area contributed by atoms with Crippen LogP contribution in [0.1, 0.15) is 21.7 Å². The number of amides is 2. The van der Waals surface area contributed by atoms with E-state index >= 15 is 0 Å². The average Bonchev–Trinajstić information content (AvgIpc) is 3.36. The molecule has 2 aromatic rings. The minimum Gasteiger partial charge on any atom is -0.483 e. The Morgan fingerprint density at radius 2 is 2.10 bits per heavy atom. The predicted molar refractivity (Wildman–Crippen MR) is 109 cm³/mol. The van der Waals surface area contributed by atoms with E-state index in [0.717, 1.165) is 16.9 Å². The average molecular weight is 452 g/mol. The largest absolute Gasteiger partial charge is 0.483 e. The molecule has 2 aliphatic heterocycles. The van der Waals surface area contributed by atoms with Gasteiger partial charge in [0.2, 0.25) is 12.7 Å². The number of fused-ring (bicyclic) bond motifs is 1. The highest BCUT2D eigenvalue weighted by Gasteiger charge is 2.31. The Balaban J connectivity index is 0.000000858. The zero-order valence-corrected chi connectivity index (χ0v) is 17.1. The summed E-state index contributed by atoms with van der Waals surface area (Å²) in [5.74, 6) is 0.671. The van der Waals surface area contributed by atoms with Crippen molar-refractivity contribution in [3.05, 3.63) is 34.8 Å². The molecule has 4 rings (SSSR count). The van der Waals surface area contributed by atoms with Gasteiger partial charge in [-0.05, 0) is 17.7 Å². The third-order valence-corrected chi connectivity index (χ3v) is 5.45. The van der Waals surface area contributed by atoms with Crippen molar-refractivity contribution in [2.45, 2.75) is 25.1 Å². The number of nitrogens with zero attached hydrogens (tertiary/aromatic N) is 2. The van der Waals surface area contributed by atoms with Gasteiger partial charge in [0.25, 0.3) is 12.4 Å². The van der Waals surface area contributed by atoms with E-state index in [4.69, 9.17) is 25.1 Å². The number of anilines is 1. The zero-order valence-electron chi connectivity index (χ0n) is 16.3. The van der Waals surface area contributed by atoms with E-state index in [1.54, 1.807) is 18.2 Å². The molecule has 1 aromatic carbocycles. The lowest BCUT2D eigenvalue weighted by atomic mass is 10.0. The first-order valence-corrected chi connectivity index (χ1v) is 10.1. The van der Waals surface area contributed by atoms with Crippen LogP contribution in [-0.2, 0) is 16.0 Å². The number of hydrogen-bond acceptors (Lipinski definition) is 8. The second-order valence-electron chi connectivity index (χ2n) is 6.83. The van der Waals surface area contributed by atoms with Crippen LogP contribution in [0.25, 0.3) is 0 Å². The summed E-state index contributed by atoms with van der Waals surface area (Å²) in [6.45, 7) is 0.183. The summed E-state index contributed by atoms with van der Waals surface area (Å²) in [4.78, 5) is 38.9. The van der Waals surface area contributed by atoms with Crippen molar-refractivity contribution in [1.29, 1.82) is 0 Å². The fraction of sp³-hybridized carbons (Fsp3) is 0.368. The first-order chi connectivity index (χ1) is 14.9. The molecular formula is C19H21FN4O6S. The Kier molecular flexibility index (Phi) is 7.23. The fourth-order valence-corrected chi connectivity index (χ4v) is 3.92. The molecule has 10 nitrogen and oxygen atoms in total. The summed E-state index contributed by atoms with van der Waals surface area (Å²) >= 11 is 1.06. The number of hydrogen-bond donors (Lipinski definition) is 3. The van der Waals surface area contributed by atoms with Crippen LogP contribution in [0, 0.1) is 0 Å². The van der Waals surface area contributed by atoms with Crippen molar-refractivity contribution in [2.75, 3.05) is 25.6 Å². The molecule has 12 heteroatoms. The van der Waals surface area contributed by atoms with Gasteiger partial charge >= 0.3 is 0 Å². The van der Waals surface area contributed by atoms with Gasteiger partial charge < -0.3 is 30.5 Å². The molecule has 0 radical (unpaired) electrons. The van der Waals surface area contributed by atoms with E-state index in [9.17, 15) is 14.0 Å². The molecule has 2 amide bonds. The van der Waals surface area contributed by atoms with Gasteiger partial charge in [0.1, 0.15) is 11.0 Å². The maximum Gasteiger partial charge on any atom is 0.290 e. The maximum atomic E-state index is 14.2. The summed E-state index contributed by atoms with van der Waals surface area (Å²) in [7, 11) is 0. The van der Waals surface area contributed by atoms with Gasteiger partial charge in [-0.3, -0.25) is 14.4 Å². The van der Waals surface area contributed by atoms with Crippen LogP contribution in [0.15, 0.2) is 24.4 Å². The number of likely N-dealkylation sites (tertiary alicyclic amines) is 1. The maximum absolute atomic E-state index is 14.2. The summed E-state index contributed by atoms with van der Waals surface area (Å²) in [6.07, 6.45) is 0.461. The lowest BCUT2D eigenvalue weighted by molar-refractivity contribution is -0.133. The molecule has 0 bridgehead atoms. The third-order valence-electron chi connectivity index (χ3n) is 4.63. The Labute approximate surface area is 180 Å². The molecule has 166 valence electrons. The van der Waals surface area contributed by atoms with Gasteiger partial charge in [0, 0.05) is 19.0 Å². The second-order valence-corrected chi connectivity index (χ2v) is 7.90. The number of benzene rings is 1. The summed E-state index contributed by atoms with van der Waals surface area (Å²) in [5, 5.41) is 9.95. The van der Waals surface area contributed by atoms with Crippen LogP contribution < -0.4 is 20.5 Å². The number of carboxylic acid groups (broad SMARTS) is 1. The van der Waals surface area contributed by atoms with E-state index in [2.05, 4.69) is 10.3 Å². The monoisotopic (exact) mass is 452 g/mol. The van der Waals surface area contributed by atoms with Crippen LogP contribution in [0.5, 0.6) is 11.5 Å². The number of nitrogens with two attached hydrogens (primary N) is 1. The van der Waals surface area contributed by atoms with Gasteiger partial charge in [-0.15, -0.1) is 0 Å². The molecule has 1 fully saturated rings. The number of rotatable bonds is 4. The second kappa shape index (κ2) is 10.1. The fourth-order valence-electron chi connectivity index (χ4n) is 3.33. The minimum atomic E-state index is -1.20. The van der Waals surface area contributed by atoms with Gasteiger partial charge in [-0.2, -0.15) is 0 Å². The molecule has 1 saturated heterocycles. The van der Waals surface area contributed by atoms with Gasteiger partial charge in [-0.25, -0.2) is 9.37 Å². The van der Waals surface area contributed by atoms with Gasteiger partial charge in [0.05, 0.1) is 19.2 Å². The van der Waals surface area contributed by atoms with Crippen molar-refractivity contribution in [2.24, 2.45) is 0 Å². The number of halogens is 1. The Bertz CT molecular complexity index is 955. The highest BCUT2D eigenvalue weighted by Crippen LogP contribution is 2.32. The van der Waals surface area contributed by atoms with Crippen LogP contribution >= 0.6 is 11.3 Å². The smallest absolute Gasteiger partial charge is 0.290 e. The van der Waals surface area contributed by atoms with Crippen LogP contribution in [-0.4, -0.2) is 65.4 Å². The van der Waals surface area contributed by atoms with E-state index in [1.807, 2.05) is 0 Å². The van der Waals surface area contributed by atoms with E-state index in [1.165, 1.54) is 11.1 Å². The molecule has 0 unspecified atom stereocenters. The highest BCUT2D eigenvalue weighted by atomic mass is 32.1. The first-order valence-electron chi connectivity index (χ1n) is 9.30. The third kappa shape index (κ3) is 5.81. The van der Waals surface area contributed by atoms with Crippen molar-refractivity contribution in [1.82, 2.24) is 15.2 Å². The predicted octanol–water partition coefficient (Wildman–Crippen LogP) is 1.07. The van der Waals surface area contributed by atoms with Gasteiger partial charge in [-0.1, -0.05) is 17.4 Å². The number of nitrogens with one attached hydrogen (secondary N) is 1. The van der Waals surface area contributed by atoms with Crippen LogP contribution in [0.2, 0.25) is 0 Å². The van der Waals surface area contributed by atoms with E-state index in [0.29, 0.717) is 16.4 Å². The van der Waals surface area contributed by atoms with Crippen molar-refractivity contribution in [3.63, 3.8) is 0 Å². The lowest BCUT2D eigenvalue weighted by Gasteiger charge is -2.35. The molecule has 2 atom stereocenters. The highest BCUT2D eigenvalue weighted by molar-refractivity contribution is 7.17.